The molecule has 0 aliphatic heterocycles. The van der Waals surface area contributed by atoms with E-state index in [1.165, 1.54) is 16.7 Å². The van der Waals surface area contributed by atoms with Gasteiger partial charge in [-0.25, -0.2) is 0 Å². The van der Waals surface area contributed by atoms with Crippen LogP contribution < -0.4 is 0 Å². The Morgan fingerprint density at radius 3 is 2.74 bits per heavy atom. The Balaban J connectivity index is 2.64. The van der Waals surface area contributed by atoms with Crippen LogP contribution in [0.15, 0.2) is 34.9 Å². The molecule has 1 aliphatic carbocycles. The number of carbonyl (C=O) groups is 1. The topological polar surface area (TPSA) is 17.1 Å². The van der Waals surface area contributed by atoms with Gasteiger partial charge in [-0.3, -0.25) is 4.79 Å². The Hall–Kier alpha value is -1.11. The van der Waals surface area contributed by atoms with Crippen LogP contribution in [0, 0.1) is 5.92 Å². The summed E-state index contributed by atoms with van der Waals surface area (Å²) in [6.45, 7) is 8.72. The van der Waals surface area contributed by atoms with E-state index in [0.29, 0.717) is 18.1 Å². The van der Waals surface area contributed by atoms with Crippen molar-refractivity contribution < 1.29 is 4.79 Å². The van der Waals surface area contributed by atoms with E-state index in [0.717, 1.165) is 32.1 Å². The van der Waals surface area contributed by atoms with Crippen molar-refractivity contribution in [1.29, 1.82) is 0 Å². The smallest absolute Gasteiger partial charge is 0.133 e. The fourth-order valence-electron chi connectivity index (χ4n) is 2.49. The zero-order valence-corrected chi connectivity index (χ0v) is 13.0. The van der Waals surface area contributed by atoms with Crippen LogP contribution in [0.5, 0.6) is 0 Å². The Morgan fingerprint density at radius 2 is 2.05 bits per heavy atom. The van der Waals surface area contributed by atoms with Gasteiger partial charge in [0.05, 0.1) is 0 Å². The maximum Gasteiger partial charge on any atom is 0.133 e. The van der Waals surface area contributed by atoms with E-state index in [2.05, 4.69) is 45.9 Å². The van der Waals surface area contributed by atoms with Crippen molar-refractivity contribution in [3.63, 3.8) is 0 Å². The molecule has 0 aromatic carbocycles. The predicted octanol–water partition coefficient (Wildman–Crippen LogP) is 5.38. The minimum absolute atomic E-state index is 0.410. The fourth-order valence-corrected chi connectivity index (χ4v) is 2.49. The van der Waals surface area contributed by atoms with Gasteiger partial charge in [0, 0.05) is 12.8 Å². The van der Waals surface area contributed by atoms with Crippen LogP contribution in [0.25, 0.3) is 0 Å². The first-order valence-corrected chi connectivity index (χ1v) is 7.60. The zero-order chi connectivity index (χ0) is 14.3. The van der Waals surface area contributed by atoms with Crippen molar-refractivity contribution in [2.24, 2.45) is 5.92 Å². The first kappa shape index (κ1) is 15.9. The fraction of sp³-hybridized carbons (Fsp3) is 0.611. The molecule has 0 radical (unpaired) electrons. The lowest BCUT2D eigenvalue weighted by atomic mass is 9.92. The number of Topliss-reactive ketones (excluding diaryl/α,β-unsaturated/α-hetero) is 1. The molecule has 0 aromatic heterocycles. The second kappa shape index (κ2) is 8.14. The number of allylic oxidation sites excluding steroid dienone is 6. The van der Waals surface area contributed by atoms with Crippen molar-refractivity contribution in [3.05, 3.63) is 34.9 Å². The second-order valence-electron chi connectivity index (χ2n) is 5.82. The highest BCUT2D eigenvalue weighted by molar-refractivity contribution is 5.78. The highest BCUT2D eigenvalue weighted by atomic mass is 16.1. The zero-order valence-electron chi connectivity index (χ0n) is 13.0. The Labute approximate surface area is 118 Å². The van der Waals surface area contributed by atoms with Crippen molar-refractivity contribution in [2.45, 2.75) is 66.2 Å². The lowest BCUT2D eigenvalue weighted by molar-refractivity contribution is -0.119. The van der Waals surface area contributed by atoms with Gasteiger partial charge in [-0.05, 0) is 44.6 Å². The lowest BCUT2D eigenvalue weighted by Crippen LogP contribution is -2.01. The van der Waals surface area contributed by atoms with Gasteiger partial charge in [-0.2, -0.15) is 0 Å². The van der Waals surface area contributed by atoms with Crippen molar-refractivity contribution in [1.82, 2.24) is 0 Å². The molecule has 1 rings (SSSR count). The molecular weight excluding hydrogens is 232 g/mol. The first-order valence-electron chi connectivity index (χ1n) is 7.60. The summed E-state index contributed by atoms with van der Waals surface area (Å²) < 4.78 is 0. The summed E-state index contributed by atoms with van der Waals surface area (Å²) in [6, 6.07) is 0. The lowest BCUT2D eigenvalue weighted by Gasteiger charge is -2.14. The van der Waals surface area contributed by atoms with Crippen LogP contribution in [0.4, 0.5) is 0 Å². The van der Waals surface area contributed by atoms with E-state index < -0.39 is 0 Å². The quantitative estimate of drug-likeness (QED) is 0.626. The number of hydrogen-bond acceptors (Lipinski definition) is 1. The Bertz CT molecular complexity index is 396. The van der Waals surface area contributed by atoms with Gasteiger partial charge in [0.25, 0.3) is 0 Å². The molecule has 0 amide bonds. The normalized spacial score (nSPS) is 20.0. The van der Waals surface area contributed by atoms with E-state index in [4.69, 9.17) is 0 Å². The maximum absolute atomic E-state index is 11.8. The van der Waals surface area contributed by atoms with Gasteiger partial charge in [-0.1, -0.05) is 49.6 Å². The molecule has 106 valence electrons. The van der Waals surface area contributed by atoms with E-state index in [1.807, 2.05) is 0 Å². The molecule has 1 heteroatoms. The molecule has 0 aromatic rings. The average Bonchev–Trinajstić information content (AvgIpc) is 2.36. The highest BCUT2D eigenvalue weighted by Crippen LogP contribution is 2.24. The summed E-state index contributed by atoms with van der Waals surface area (Å²) in [4.78, 5) is 11.8. The molecule has 19 heavy (non-hydrogen) atoms. The van der Waals surface area contributed by atoms with Crippen molar-refractivity contribution >= 4 is 5.78 Å². The van der Waals surface area contributed by atoms with E-state index in [9.17, 15) is 4.79 Å². The molecule has 1 nitrogen and oxygen atoms in total. The molecule has 0 fully saturated rings. The van der Waals surface area contributed by atoms with Crippen molar-refractivity contribution in [3.8, 4) is 0 Å². The summed E-state index contributed by atoms with van der Waals surface area (Å²) in [7, 11) is 0. The Kier molecular flexibility index (Phi) is 6.83. The molecule has 1 atom stereocenters. The van der Waals surface area contributed by atoms with Crippen LogP contribution in [-0.2, 0) is 4.79 Å². The highest BCUT2D eigenvalue weighted by Gasteiger charge is 2.09. The monoisotopic (exact) mass is 260 g/mol. The van der Waals surface area contributed by atoms with Crippen LogP contribution in [-0.4, -0.2) is 5.78 Å². The number of rotatable bonds is 6. The van der Waals surface area contributed by atoms with Crippen LogP contribution in [0.3, 0.4) is 0 Å². The molecule has 1 aliphatic rings. The number of carbonyl (C=O) groups excluding carboxylic acids is 1. The van der Waals surface area contributed by atoms with Gasteiger partial charge in [0.1, 0.15) is 5.78 Å². The molecule has 0 spiro atoms. The molecule has 1 unspecified atom stereocenters. The van der Waals surface area contributed by atoms with Crippen molar-refractivity contribution in [2.75, 3.05) is 0 Å². The molecular formula is C18H28O. The minimum Gasteiger partial charge on any atom is -0.300 e. The van der Waals surface area contributed by atoms with Gasteiger partial charge >= 0.3 is 0 Å². The van der Waals surface area contributed by atoms with E-state index in [1.54, 1.807) is 0 Å². The number of ketones is 1. The van der Waals surface area contributed by atoms with Crippen LogP contribution in [0.2, 0.25) is 0 Å². The molecule has 0 saturated carbocycles. The predicted molar refractivity (Wildman–Crippen MR) is 83.1 cm³/mol. The maximum atomic E-state index is 11.8. The minimum atomic E-state index is 0.410. The first-order chi connectivity index (χ1) is 9.02. The molecule has 0 N–H and O–H groups in total. The van der Waals surface area contributed by atoms with Crippen LogP contribution in [0.1, 0.15) is 66.2 Å². The largest absolute Gasteiger partial charge is 0.300 e. The number of unbranched alkanes of at least 4 members (excludes halogenated alkanes) is 1. The molecule has 0 heterocycles. The van der Waals surface area contributed by atoms with E-state index in [-0.39, 0.29) is 0 Å². The summed E-state index contributed by atoms with van der Waals surface area (Å²) >= 11 is 0. The SMILES string of the molecule is CCCCC(=O)CCC1=CC(C)=CC(C)CC=C1C. The molecule has 0 saturated heterocycles. The summed E-state index contributed by atoms with van der Waals surface area (Å²) in [5, 5.41) is 0. The van der Waals surface area contributed by atoms with Gasteiger partial charge in [-0.15, -0.1) is 0 Å². The summed E-state index contributed by atoms with van der Waals surface area (Å²) in [6.07, 6.45) is 12.5. The standard InChI is InChI=1S/C18H28O/c1-5-6-7-18(19)11-10-17-13-15(3)12-14(2)8-9-16(17)4/h9,12-14H,5-8,10-11H2,1-4H3. The third kappa shape index (κ3) is 6.04. The Morgan fingerprint density at radius 1 is 1.32 bits per heavy atom. The second-order valence-corrected chi connectivity index (χ2v) is 5.82. The van der Waals surface area contributed by atoms with E-state index >= 15 is 0 Å². The summed E-state index contributed by atoms with van der Waals surface area (Å²) in [5.41, 5.74) is 4.02. The van der Waals surface area contributed by atoms with Gasteiger partial charge in [0.2, 0.25) is 0 Å². The number of hydrogen-bond donors (Lipinski definition) is 0. The van der Waals surface area contributed by atoms with Crippen LogP contribution >= 0.6 is 0 Å². The average molecular weight is 260 g/mol. The van der Waals surface area contributed by atoms with Gasteiger partial charge < -0.3 is 0 Å². The summed E-state index contributed by atoms with van der Waals surface area (Å²) in [5.74, 6) is 1.02. The third-order valence-electron chi connectivity index (χ3n) is 3.73. The molecule has 0 bridgehead atoms. The van der Waals surface area contributed by atoms with Gasteiger partial charge in [0.15, 0.2) is 0 Å². The third-order valence-corrected chi connectivity index (χ3v) is 3.73.